The van der Waals surface area contributed by atoms with Crippen molar-refractivity contribution in [2.45, 2.75) is 37.6 Å². The van der Waals surface area contributed by atoms with Gasteiger partial charge in [-0.25, -0.2) is 0 Å². The van der Waals surface area contributed by atoms with E-state index in [0.717, 1.165) is 31.2 Å². The summed E-state index contributed by atoms with van der Waals surface area (Å²) in [7, 11) is 0. The molecule has 0 unspecified atom stereocenters. The lowest BCUT2D eigenvalue weighted by molar-refractivity contribution is 0.0864. The number of pyridine rings is 1. The maximum Gasteiger partial charge on any atom is 0.261 e. The third-order valence-corrected chi connectivity index (χ3v) is 5.33. The Morgan fingerprint density at radius 3 is 2.41 bits per heavy atom. The fourth-order valence-electron chi connectivity index (χ4n) is 3.91. The molecule has 0 atom stereocenters. The number of nitrogens with one attached hydrogen (secondary N) is 2. The van der Waals surface area contributed by atoms with Crippen LogP contribution in [-0.2, 0) is 5.54 Å². The van der Waals surface area contributed by atoms with Crippen LogP contribution in [0.5, 0.6) is 0 Å². The Morgan fingerprint density at radius 1 is 0.963 bits per heavy atom. The molecular formula is C22H22N2O3. The second-order valence-electron chi connectivity index (χ2n) is 7.06. The van der Waals surface area contributed by atoms with Gasteiger partial charge in [-0.1, -0.05) is 49.6 Å². The average Bonchev–Trinajstić information content (AvgIpc) is 3.24. The minimum absolute atomic E-state index is 0.117. The normalized spacial score (nSPS) is 16.0. The molecule has 0 bridgehead atoms. The molecule has 1 aromatic carbocycles. The van der Waals surface area contributed by atoms with Crippen LogP contribution < -0.4 is 10.9 Å². The van der Waals surface area contributed by atoms with E-state index in [1.54, 1.807) is 30.5 Å². The molecule has 0 aliphatic heterocycles. The first-order chi connectivity index (χ1) is 13.2. The van der Waals surface area contributed by atoms with Crippen molar-refractivity contribution in [1.82, 2.24) is 10.3 Å². The van der Waals surface area contributed by atoms with Gasteiger partial charge in [-0.2, -0.15) is 0 Å². The van der Waals surface area contributed by atoms with Gasteiger partial charge in [0.2, 0.25) is 0 Å². The molecule has 2 aromatic heterocycles. The molecule has 0 radical (unpaired) electrons. The zero-order chi connectivity index (χ0) is 18.7. The van der Waals surface area contributed by atoms with E-state index in [2.05, 4.69) is 22.4 Å². The fraction of sp³-hybridized carbons (Fsp3) is 0.273. The molecule has 0 spiro atoms. The molecule has 1 saturated carbocycles. The summed E-state index contributed by atoms with van der Waals surface area (Å²) in [5, 5.41) is 3.18. The highest BCUT2D eigenvalue weighted by atomic mass is 16.3. The highest BCUT2D eigenvalue weighted by Crippen LogP contribution is 2.37. The summed E-state index contributed by atoms with van der Waals surface area (Å²) < 4.78 is 5.30. The standard InChI is InChI=1S/C22H22N2O3/c25-20-17(11-12-18(23-20)19-10-7-15-27-19)21(26)24-22(13-5-2-6-14-22)16-8-3-1-4-9-16/h1,3-4,7-12,15H,2,5-6,13-14H2,(H,23,25)(H,24,26). The fourth-order valence-corrected chi connectivity index (χ4v) is 3.91. The maximum atomic E-state index is 13.0. The number of hydrogen-bond acceptors (Lipinski definition) is 3. The number of amides is 1. The molecule has 1 fully saturated rings. The predicted molar refractivity (Wildman–Crippen MR) is 103 cm³/mol. The lowest BCUT2D eigenvalue weighted by Crippen LogP contribution is -2.48. The number of furan rings is 1. The van der Waals surface area contributed by atoms with Crippen molar-refractivity contribution in [2.75, 3.05) is 0 Å². The third kappa shape index (κ3) is 3.45. The van der Waals surface area contributed by atoms with E-state index in [1.165, 1.54) is 6.42 Å². The van der Waals surface area contributed by atoms with Crippen LogP contribution in [0.4, 0.5) is 0 Å². The van der Waals surface area contributed by atoms with Crippen LogP contribution in [-0.4, -0.2) is 10.9 Å². The van der Waals surface area contributed by atoms with Crippen LogP contribution in [0.3, 0.4) is 0 Å². The summed E-state index contributed by atoms with van der Waals surface area (Å²) >= 11 is 0. The van der Waals surface area contributed by atoms with Gasteiger partial charge in [0.25, 0.3) is 11.5 Å². The SMILES string of the molecule is O=C(NC1(c2ccccc2)CCCCC1)c1ccc(-c2ccco2)[nH]c1=O. The number of carbonyl (C=O) groups excluding carboxylic acids is 1. The second-order valence-corrected chi connectivity index (χ2v) is 7.06. The van der Waals surface area contributed by atoms with Crippen molar-refractivity contribution < 1.29 is 9.21 Å². The summed E-state index contributed by atoms with van der Waals surface area (Å²) in [6, 6.07) is 16.8. The number of aromatic amines is 1. The molecule has 1 amide bonds. The van der Waals surface area contributed by atoms with Crippen molar-refractivity contribution in [3.05, 3.63) is 82.3 Å². The van der Waals surface area contributed by atoms with Crippen LogP contribution in [0.25, 0.3) is 11.5 Å². The van der Waals surface area contributed by atoms with Gasteiger partial charge in [0.15, 0.2) is 0 Å². The van der Waals surface area contributed by atoms with Gasteiger partial charge in [0, 0.05) is 0 Å². The molecule has 4 rings (SSSR count). The summed E-state index contributed by atoms with van der Waals surface area (Å²) in [4.78, 5) is 28.2. The predicted octanol–water partition coefficient (Wildman–Crippen LogP) is 4.22. The number of carbonyl (C=O) groups is 1. The van der Waals surface area contributed by atoms with Gasteiger partial charge < -0.3 is 14.7 Å². The van der Waals surface area contributed by atoms with Gasteiger partial charge >= 0.3 is 0 Å². The van der Waals surface area contributed by atoms with Crippen LogP contribution >= 0.6 is 0 Å². The van der Waals surface area contributed by atoms with Crippen LogP contribution in [0.1, 0.15) is 48.0 Å². The smallest absolute Gasteiger partial charge is 0.261 e. The summed E-state index contributed by atoms with van der Waals surface area (Å²) in [6.07, 6.45) is 6.59. The minimum Gasteiger partial charge on any atom is -0.463 e. The Hall–Kier alpha value is -3.08. The zero-order valence-electron chi connectivity index (χ0n) is 15.0. The quantitative estimate of drug-likeness (QED) is 0.729. The molecule has 5 nitrogen and oxygen atoms in total. The van der Waals surface area contributed by atoms with E-state index in [-0.39, 0.29) is 11.5 Å². The van der Waals surface area contributed by atoms with E-state index < -0.39 is 11.1 Å². The molecule has 2 heterocycles. The van der Waals surface area contributed by atoms with Crippen LogP contribution in [0.2, 0.25) is 0 Å². The zero-order valence-corrected chi connectivity index (χ0v) is 15.0. The first-order valence-electron chi connectivity index (χ1n) is 9.33. The Labute approximate surface area is 157 Å². The molecule has 27 heavy (non-hydrogen) atoms. The van der Waals surface area contributed by atoms with Crippen molar-refractivity contribution in [3.63, 3.8) is 0 Å². The first kappa shape index (κ1) is 17.3. The highest BCUT2D eigenvalue weighted by Gasteiger charge is 2.35. The van der Waals surface area contributed by atoms with E-state index in [4.69, 9.17) is 4.42 Å². The number of benzene rings is 1. The third-order valence-electron chi connectivity index (χ3n) is 5.33. The molecule has 1 aliphatic rings. The number of H-pyrrole nitrogens is 1. The van der Waals surface area contributed by atoms with Gasteiger partial charge in [0.05, 0.1) is 17.5 Å². The molecular weight excluding hydrogens is 340 g/mol. The lowest BCUT2D eigenvalue weighted by Gasteiger charge is -2.38. The highest BCUT2D eigenvalue weighted by molar-refractivity contribution is 5.94. The maximum absolute atomic E-state index is 13.0. The monoisotopic (exact) mass is 362 g/mol. The Bertz CT molecular complexity index is 968. The molecule has 3 aromatic rings. The van der Waals surface area contributed by atoms with Gasteiger partial charge in [-0.3, -0.25) is 9.59 Å². The van der Waals surface area contributed by atoms with E-state index in [1.807, 2.05) is 18.2 Å². The van der Waals surface area contributed by atoms with Crippen LogP contribution in [0, 0.1) is 0 Å². The molecule has 5 heteroatoms. The number of rotatable bonds is 4. The summed E-state index contributed by atoms with van der Waals surface area (Å²) in [5.41, 5.74) is 0.938. The van der Waals surface area contributed by atoms with E-state index in [0.29, 0.717) is 11.5 Å². The lowest BCUT2D eigenvalue weighted by atomic mass is 9.76. The first-order valence-corrected chi connectivity index (χ1v) is 9.33. The topological polar surface area (TPSA) is 75.1 Å². The molecule has 138 valence electrons. The number of aromatic nitrogens is 1. The Morgan fingerprint density at radius 2 is 1.74 bits per heavy atom. The van der Waals surface area contributed by atoms with Gasteiger partial charge in [0.1, 0.15) is 11.3 Å². The number of hydrogen-bond donors (Lipinski definition) is 2. The van der Waals surface area contributed by atoms with E-state index in [9.17, 15) is 9.59 Å². The summed E-state index contributed by atoms with van der Waals surface area (Å²) in [5.74, 6) is 0.222. The van der Waals surface area contributed by atoms with Gasteiger partial charge in [-0.05, 0) is 42.7 Å². The summed E-state index contributed by atoms with van der Waals surface area (Å²) in [6.45, 7) is 0. The van der Waals surface area contributed by atoms with Crippen LogP contribution in [0.15, 0.2) is 70.1 Å². The second kappa shape index (κ2) is 7.27. The largest absolute Gasteiger partial charge is 0.463 e. The molecule has 1 aliphatic carbocycles. The van der Waals surface area contributed by atoms with Gasteiger partial charge in [-0.15, -0.1) is 0 Å². The van der Waals surface area contributed by atoms with Crippen molar-refractivity contribution in [3.8, 4) is 11.5 Å². The Balaban J connectivity index is 1.63. The average molecular weight is 362 g/mol. The minimum atomic E-state index is -0.416. The van der Waals surface area contributed by atoms with Crippen molar-refractivity contribution in [2.24, 2.45) is 0 Å². The van der Waals surface area contributed by atoms with Crippen molar-refractivity contribution >= 4 is 5.91 Å². The molecule has 2 N–H and O–H groups in total. The molecule has 0 saturated heterocycles. The van der Waals surface area contributed by atoms with Crippen molar-refractivity contribution in [1.29, 1.82) is 0 Å². The Kier molecular flexibility index (Phi) is 4.67. The van der Waals surface area contributed by atoms with E-state index >= 15 is 0 Å².